The molecule has 1 fully saturated rings. The van der Waals surface area contributed by atoms with Gasteiger partial charge in [0.1, 0.15) is 0 Å². The summed E-state index contributed by atoms with van der Waals surface area (Å²) in [7, 11) is 0. The fourth-order valence-corrected chi connectivity index (χ4v) is 3.19. The van der Waals surface area contributed by atoms with E-state index in [4.69, 9.17) is 5.73 Å². The minimum absolute atomic E-state index is 0. The Morgan fingerprint density at radius 3 is 2.78 bits per heavy atom. The molecule has 2 rings (SSSR count). The van der Waals surface area contributed by atoms with E-state index in [0.717, 1.165) is 36.8 Å². The van der Waals surface area contributed by atoms with Crippen LogP contribution in [0.25, 0.3) is 0 Å². The summed E-state index contributed by atoms with van der Waals surface area (Å²) in [5.74, 6) is 1.20. The van der Waals surface area contributed by atoms with Crippen LogP contribution in [-0.4, -0.2) is 42.0 Å². The van der Waals surface area contributed by atoms with Gasteiger partial charge in [0.15, 0.2) is 5.96 Å². The maximum atomic E-state index is 5.85. The standard InChI is InChI=1S/C16H27N5S.HI/c1-12(2)8-18-16(17)19-9-14-4-6-21(7-5-14)10-15-11-22-13(3)20-15;/h11,14H,1,4-10H2,2-3H3,(H3,17,18,19);1H. The number of nitrogens with one attached hydrogen (secondary N) is 1. The molecule has 2 heterocycles. The van der Waals surface area contributed by atoms with Gasteiger partial charge in [-0.2, -0.15) is 0 Å². The number of rotatable bonds is 6. The third-order valence-electron chi connectivity index (χ3n) is 3.85. The van der Waals surface area contributed by atoms with Gasteiger partial charge in [-0.1, -0.05) is 12.2 Å². The van der Waals surface area contributed by atoms with E-state index in [1.54, 1.807) is 11.3 Å². The molecule has 0 atom stereocenters. The minimum atomic E-state index is 0. The van der Waals surface area contributed by atoms with Crippen molar-refractivity contribution in [2.24, 2.45) is 16.6 Å². The highest BCUT2D eigenvalue weighted by molar-refractivity contribution is 14.0. The Labute approximate surface area is 160 Å². The first-order valence-corrected chi connectivity index (χ1v) is 8.72. The van der Waals surface area contributed by atoms with Gasteiger partial charge in [0.05, 0.1) is 17.2 Å². The Morgan fingerprint density at radius 1 is 1.52 bits per heavy atom. The maximum Gasteiger partial charge on any atom is 0.188 e. The van der Waals surface area contributed by atoms with Crippen molar-refractivity contribution in [3.8, 4) is 0 Å². The van der Waals surface area contributed by atoms with Crippen molar-refractivity contribution >= 4 is 41.3 Å². The molecule has 0 aliphatic carbocycles. The van der Waals surface area contributed by atoms with Gasteiger partial charge in [-0.05, 0) is 45.7 Å². The maximum absolute atomic E-state index is 5.85. The minimum Gasteiger partial charge on any atom is -0.370 e. The summed E-state index contributed by atoms with van der Waals surface area (Å²) in [5.41, 5.74) is 8.08. The summed E-state index contributed by atoms with van der Waals surface area (Å²) in [5, 5.41) is 6.55. The van der Waals surface area contributed by atoms with Gasteiger partial charge in [0, 0.05) is 18.5 Å². The van der Waals surface area contributed by atoms with Crippen LogP contribution in [0.4, 0.5) is 0 Å². The van der Waals surface area contributed by atoms with E-state index in [9.17, 15) is 0 Å². The number of guanidine groups is 1. The lowest BCUT2D eigenvalue weighted by Crippen LogP contribution is -2.40. The second-order valence-electron chi connectivity index (χ2n) is 6.12. The molecule has 0 radical (unpaired) electrons. The SMILES string of the molecule is C=C(C)CN=C(N)NCC1CCN(Cc2csc(C)n2)CC1.I. The van der Waals surface area contributed by atoms with Crippen LogP contribution in [0.5, 0.6) is 0 Å². The Kier molecular flexibility index (Phi) is 9.08. The highest BCUT2D eigenvalue weighted by atomic mass is 127. The summed E-state index contributed by atoms with van der Waals surface area (Å²) < 4.78 is 0. The molecule has 130 valence electrons. The first-order valence-electron chi connectivity index (χ1n) is 7.84. The number of hydrogen-bond donors (Lipinski definition) is 2. The fraction of sp³-hybridized carbons (Fsp3) is 0.625. The molecule has 0 saturated carbocycles. The van der Waals surface area contributed by atoms with Crippen LogP contribution < -0.4 is 11.1 Å². The molecule has 0 amide bonds. The van der Waals surface area contributed by atoms with Crippen molar-refractivity contribution in [2.45, 2.75) is 33.2 Å². The van der Waals surface area contributed by atoms with Crippen LogP contribution in [0.15, 0.2) is 22.5 Å². The Bertz CT molecular complexity index is 520. The summed E-state index contributed by atoms with van der Waals surface area (Å²) in [6, 6.07) is 0. The normalized spacial score (nSPS) is 16.9. The predicted octanol–water partition coefficient (Wildman–Crippen LogP) is 2.76. The van der Waals surface area contributed by atoms with Crippen LogP contribution in [0, 0.1) is 12.8 Å². The van der Waals surface area contributed by atoms with Gasteiger partial charge >= 0.3 is 0 Å². The van der Waals surface area contributed by atoms with E-state index in [0.29, 0.717) is 18.4 Å². The third-order valence-corrected chi connectivity index (χ3v) is 4.67. The molecule has 0 bridgehead atoms. The van der Waals surface area contributed by atoms with Crippen molar-refractivity contribution in [2.75, 3.05) is 26.2 Å². The smallest absolute Gasteiger partial charge is 0.188 e. The molecular weight excluding hydrogens is 421 g/mol. The monoisotopic (exact) mass is 449 g/mol. The third kappa shape index (κ3) is 7.63. The predicted molar refractivity (Wildman–Crippen MR) is 110 cm³/mol. The number of aromatic nitrogens is 1. The van der Waals surface area contributed by atoms with E-state index in [1.807, 2.05) is 6.92 Å². The van der Waals surface area contributed by atoms with Crippen LogP contribution >= 0.6 is 35.3 Å². The van der Waals surface area contributed by atoms with Crippen LogP contribution in [0.3, 0.4) is 0 Å². The van der Waals surface area contributed by atoms with Gasteiger partial charge in [0.25, 0.3) is 0 Å². The number of likely N-dealkylation sites (tertiary alicyclic amines) is 1. The van der Waals surface area contributed by atoms with Crippen LogP contribution in [-0.2, 0) is 6.54 Å². The zero-order valence-corrected chi connectivity index (χ0v) is 17.2. The number of hydrogen-bond acceptors (Lipinski definition) is 4. The molecule has 1 aliphatic rings. The van der Waals surface area contributed by atoms with Gasteiger partial charge < -0.3 is 11.1 Å². The number of aryl methyl sites for hydroxylation is 1. The second kappa shape index (κ2) is 10.2. The Balaban J connectivity index is 0.00000264. The summed E-state index contributed by atoms with van der Waals surface area (Å²) in [4.78, 5) is 11.3. The average Bonchev–Trinajstić information content (AvgIpc) is 2.89. The van der Waals surface area contributed by atoms with Crippen molar-refractivity contribution in [1.82, 2.24) is 15.2 Å². The molecule has 0 unspecified atom stereocenters. The number of aliphatic imine (C=N–C) groups is 1. The van der Waals surface area contributed by atoms with Crippen LogP contribution in [0.1, 0.15) is 30.5 Å². The van der Waals surface area contributed by atoms with E-state index in [-0.39, 0.29) is 24.0 Å². The average molecular weight is 449 g/mol. The van der Waals surface area contributed by atoms with E-state index in [2.05, 4.69) is 39.1 Å². The molecule has 23 heavy (non-hydrogen) atoms. The lowest BCUT2D eigenvalue weighted by atomic mass is 9.97. The molecule has 7 heteroatoms. The Morgan fingerprint density at radius 2 is 2.22 bits per heavy atom. The number of piperidine rings is 1. The molecule has 1 aliphatic heterocycles. The van der Waals surface area contributed by atoms with E-state index in [1.165, 1.54) is 18.5 Å². The Hall–Kier alpha value is -0.670. The lowest BCUT2D eigenvalue weighted by Gasteiger charge is -2.31. The molecule has 1 saturated heterocycles. The van der Waals surface area contributed by atoms with Crippen molar-refractivity contribution in [3.63, 3.8) is 0 Å². The lowest BCUT2D eigenvalue weighted by molar-refractivity contribution is 0.176. The van der Waals surface area contributed by atoms with Gasteiger partial charge in [-0.25, -0.2) is 9.98 Å². The summed E-state index contributed by atoms with van der Waals surface area (Å²) >= 11 is 1.73. The molecule has 0 spiro atoms. The molecule has 0 aromatic carbocycles. The van der Waals surface area contributed by atoms with E-state index < -0.39 is 0 Å². The quantitative estimate of drug-likeness (QED) is 0.304. The number of nitrogens with zero attached hydrogens (tertiary/aromatic N) is 3. The van der Waals surface area contributed by atoms with Crippen LogP contribution in [0.2, 0.25) is 0 Å². The highest BCUT2D eigenvalue weighted by Crippen LogP contribution is 2.19. The van der Waals surface area contributed by atoms with Gasteiger partial charge in [0.2, 0.25) is 0 Å². The van der Waals surface area contributed by atoms with Crippen molar-refractivity contribution in [1.29, 1.82) is 0 Å². The first-order chi connectivity index (χ1) is 10.5. The zero-order valence-electron chi connectivity index (χ0n) is 14.0. The topological polar surface area (TPSA) is 66.5 Å². The summed E-state index contributed by atoms with van der Waals surface area (Å²) in [6.45, 7) is 12.6. The van der Waals surface area contributed by atoms with Gasteiger partial charge in [-0.3, -0.25) is 4.90 Å². The van der Waals surface area contributed by atoms with E-state index >= 15 is 0 Å². The number of thiazole rings is 1. The van der Waals surface area contributed by atoms with Crippen molar-refractivity contribution < 1.29 is 0 Å². The first kappa shape index (κ1) is 20.4. The molecular formula is C16H28IN5S. The number of halogens is 1. The molecule has 1 aromatic rings. The van der Waals surface area contributed by atoms with Crippen molar-refractivity contribution in [3.05, 3.63) is 28.2 Å². The molecule has 3 N–H and O–H groups in total. The van der Waals surface area contributed by atoms with Gasteiger partial charge in [-0.15, -0.1) is 35.3 Å². The fourth-order valence-electron chi connectivity index (χ4n) is 2.58. The molecule has 1 aromatic heterocycles. The highest BCUT2D eigenvalue weighted by Gasteiger charge is 2.19. The second-order valence-corrected chi connectivity index (χ2v) is 7.18. The summed E-state index contributed by atoms with van der Waals surface area (Å²) in [6.07, 6.45) is 2.40. The molecule has 5 nitrogen and oxygen atoms in total. The number of nitrogens with two attached hydrogens (primary N) is 1. The largest absolute Gasteiger partial charge is 0.370 e. The zero-order chi connectivity index (χ0) is 15.9.